The minimum Gasteiger partial charge on any atom is -0.206 e. The van der Waals surface area contributed by atoms with Crippen LogP contribution in [-0.2, 0) is 0 Å². The maximum atomic E-state index is 14.9. The van der Waals surface area contributed by atoms with Crippen molar-refractivity contribution in [3.05, 3.63) is 113 Å². The van der Waals surface area contributed by atoms with Gasteiger partial charge in [-0.15, -0.1) is 0 Å². The fourth-order valence-electron chi connectivity index (χ4n) is 3.68. The summed E-state index contributed by atoms with van der Waals surface area (Å²) in [6.45, 7) is 1.97. The molecule has 7 heteroatoms. The Bertz CT molecular complexity index is 1350. The van der Waals surface area contributed by atoms with Crippen molar-refractivity contribution < 1.29 is 30.7 Å². The van der Waals surface area contributed by atoms with Crippen molar-refractivity contribution in [2.24, 2.45) is 0 Å². The van der Waals surface area contributed by atoms with Crippen molar-refractivity contribution in [3.63, 3.8) is 0 Å². The number of hydrogen-bond acceptors (Lipinski definition) is 0. The number of rotatable bonds is 4. The number of alkyl halides is 3. The van der Waals surface area contributed by atoms with Gasteiger partial charge in [-0.2, -0.15) is 13.2 Å². The molecule has 0 fully saturated rings. The molecule has 4 aromatic rings. The molecule has 0 aliphatic heterocycles. The zero-order valence-electron chi connectivity index (χ0n) is 18.2. The number of aryl methyl sites for hydroxylation is 1. The van der Waals surface area contributed by atoms with E-state index in [1.807, 2.05) is 43.3 Å². The summed E-state index contributed by atoms with van der Waals surface area (Å²) in [6.07, 6.45) is -4.87. The van der Waals surface area contributed by atoms with Crippen LogP contribution in [0.4, 0.5) is 30.7 Å². The van der Waals surface area contributed by atoms with Crippen molar-refractivity contribution in [2.75, 3.05) is 0 Å². The predicted octanol–water partition coefficient (Wildman–Crippen LogP) is 9.13. The van der Waals surface area contributed by atoms with Crippen LogP contribution in [-0.4, -0.2) is 6.18 Å². The number of halogens is 7. The quantitative estimate of drug-likeness (QED) is 0.252. The molecule has 0 nitrogen and oxygen atoms in total. The van der Waals surface area contributed by atoms with Gasteiger partial charge in [0.1, 0.15) is 23.3 Å². The van der Waals surface area contributed by atoms with Crippen LogP contribution < -0.4 is 0 Å². The molecular weight excluding hydrogens is 469 g/mol. The predicted molar refractivity (Wildman–Crippen MR) is 122 cm³/mol. The molecule has 178 valence electrons. The van der Waals surface area contributed by atoms with Crippen LogP contribution >= 0.6 is 0 Å². The molecule has 0 radical (unpaired) electrons. The van der Waals surface area contributed by atoms with Crippen LogP contribution in [0.15, 0.2) is 78.9 Å². The van der Waals surface area contributed by atoms with Crippen LogP contribution in [0, 0.1) is 30.2 Å². The van der Waals surface area contributed by atoms with Gasteiger partial charge in [-0.05, 0) is 65.1 Å². The minimum atomic E-state index is -4.77. The smallest absolute Gasteiger partial charge is 0.206 e. The molecule has 4 aromatic carbocycles. The second-order valence-corrected chi connectivity index (χ2v) is 7.99. The highest BCUT2D eigenvalue weighted by molar-refractivity contribution is 5.75. The zero-order chi connectivity index (χ0) is 25.3. The van der Waals surface area contributed by atoms with E-state index in [1.165, 1.54) is 0 Å². The Kier molecular flexibility index (Phi) is 6.52. The van der Waals surface area contributed by atoms with E-state index in [0.717, 1.165) is 28.8 Å². The molecule has 0 spiro atoms. The third-order valence-electron chi connectivity index (χ3n) is 5.45. The zero-order valence-corrected chi connectivity index (χ0v) is 18.2. The van der Waals surface area contributed by atoms with Gasteiger partial charge < -0.3 is 0 Å². The van der Waals surface area contributed by atoms with Gasteiger partial charge in [0.25, 0.3) is 0 Å². The fraction of sp³-hybridized carbons (Fsp3) is 0.0714. The maximum Gasteiger partial charge on any atom is 0.409 e. The van der Waals surface area contributed by atoms with E-state index in [1.54, 1.807) is 12.1 Å². The van der Waals surface area contributed by atoms with Crippen LogP contribution in [0.5, 0.6) is 0 Å². The van der Waals surface area contributed by atoms with Crippen molar-refractivity contribution in [1.82, 2.24) is 0 Å². The first kappa shape index (κ1) is 24.3. The highest BCUT2D eigenvalue weighted by atomic mass is 19.4. The number of benzene rings is 4. The summed E-state index contributed by atoms with van der Waals surface area (Å²) in [7, 11) is 0. The number of hydrogen-bond donors (Lipinski definition) is 0. The lowest BCUT2D eigenvalue weighted by atomic mass is 9.96. The highest BCUT2D eigenvalue weighted by Crippen LogP contribution is 2.34. The molecular formula is C28H17F7. The summed E-state index contributed by atoms with van der Waals surface area (Å²) in [5, 5.41) is 0. The first-order valence-electron chi connectivity index (χ1n) is 10.4. The van der Waals surface area contributed by atoms with E-state index in [2.05, 4.69) is 0 Å². The average Bonchev–Trinajstić information content (AvgIpc) is 2.78. The second kappa shape index (κ2) is 9.41. The average molecular weight is 486 g/mol. The van der Waals surface area contributed by atoms with Crippen LogP contribution in [0.3, 0.4) is 0 Å². The molecule has 0 amide bonds. The largest absolute Gasteiger partial charge is 0.409 e. The van der Waals surface area contributed by atoms with E-state index in [9.17, 15) is 30.7 Å². The Labute approximate surface area is 197 Å². The number of allylic oxidation sites excluding steroid dienone is 1. The van der Waals surface area contributed by atoms with E-state index in [-0.39, 0.29) is 17.7 Å². The van der Waals surface area contributed by atoms with Crippen LogP contribution in [0.1, 0.15) is 11.1 Å². The molecule has 0 aromatic heterocycles. The Morgan fingerprint density at radius 1 is 0.543 bits per heavy atom. The van der Waals surface area contributed by atoms with Gasteiger partial charge in [-0.25, -0.2) is 17.6 Å². The van der Waals surface area contributed by atoms with Crippen molar-refractivity contribution in [2.45, 2.75) is 13.1 Å². The fourth-order valence-corrected chi connectivity index (χ4v) is 3.68. The molecule has 35 heavy (non-hydrogen) atoms. The van der Waals surface area contributed by atoms with Crippen LogP contribution in [0.25, 0.3) is 39.5 Å². The highest BCUT2D eigenvalue weighted by Gasteiger charge is 2.23. The van der Waals surface area contributed by atoms with Gasteiger partial charge in [0.15, 0.2) is 0 Å². The molecule has 0 saturated heterocycles. The molecule has 0 saturated carbocycles. The molecule has 0 N–H and O–H groups in total. The van der Waals surface area contributed by atoms with Gasteiger partial charge in [-0.1, -0.05) is 54.1 Å². The Morgan fingerprint density at radius 2 is 0.943 bits per heavy atom. The van der Waals surface area contributed by atoms with E-state index in [4.69, 9.17) is 0 Å². The lowest BCUT2D eigenvalue weighted by Crippen LogP contribution is -2.01. The first-order chi connectivity index (χ1) is 16.5. The lowest BCUT2D eigenvalue weighted by molar-refractivity contribution is -0.0790. The second-order valence-electron chi connectivity index (χ2n) is 7.99. The Morgan fingerprint density at radius 3 is 1.40 bits per heavy atom. The molecule has 0 aliphatic carbocycles. The third kappa shape index (κ3) is 5.45. The molecule has 4 rings (SSSR count). The van der Waals surface area contributed by atoms with E-state index < -0.39 is 46.1 Å². The van der Waals surface area contributed by atoms with Crippen molar-refractivity contribution in [3.8, 4) is 33.4 Å². The van der Waals surface area contributed by atoms with Gasteiger partial charge in [-0.3, -0.25) is 0 Å². The molecule has 0 heterocycles. The summed E-state index contributed by atoms with van der Waals surface area (Å²) in [4.78, 5) is 0. The Balaban J connectivity index is 1.67. The SMILES string of the molecule is Cc1ccc(-c2ccc(-c3cc(F)c(-c4cc(F)c(/C=C/C(F)(F)F)c(F)c4)c(F)c3)cc2)cc1. The Hall–Kier alpha value is -3.87. The topological polar surface area (TPSA) is 0 Å². The van der Waals surface area contributed by atoms with Gasteiger partial charge in [0.2, 0.25) is 0 Å². The maximum absolute atomic E-state index is 14.9. The minimum absolute atomic E-state index is 0.213. The van der Waals surface area contributed by atoms with Gasteiger partial charge in [0, 0.05) is 11.6 Å². The van der Waals surface area contributed by atoms with Crippen molar-refractivity contribution >= 4 is 6.08 Å². The first-order valence-corrected chi connectivity index (χ1v) is 10.4. The van der Waals surface area contributed by atoms with Gasteiger partial charge >= 0.3 is 6.18 Å². The van der Waals surface area contributed by atoms with Crippen LogP contribution in [0.2, 0.25) is 0 Å². The lowest BCUT2D eigenvalue weighted by Gasteiger charge is -2.11. The van der Waals surface area contributed by atoms with E-state index >= 15 is 0 Å². The monoisotopic (exact) mass is 486 g/mol. The molecule has 0 bridgehead atoms. The summed E-state index contributed by atoms with van der Waals surface area (Å²) in [5.41, 5.74) is 1.62. The molecule has 0 unspecified atom stereocenters. The molecule has 0 atom stereocenters. The summed E-state index contributed by atoms with van der Waals surface area (Å²) in [6, 6.07) is 18.1. The normalized spacial score (nSPS) is 11.9. The summed E-state index contributed by atoms with van der Waals surface area (Å²) >= 11 is 0. The summed E-state index contributed by atoms with van der Waals surface area (Å²) < 4.78 is 95.3. The van der Waals surface area contributed by atoms with E-state index in [0.29, 0.717) is 17.7 Å². The third-order valence-corrected chi connectivity index (χ3v) is 5.45. The standard InChI is InChI=1S/C28H17F7/c1-16-2-4-17(5-3-16)18-6-8-19(9-7-18)20-12-25(31)27(26(32)13-20)21-14-23(29)22(24(30)15-21)10-11-28(33,34)35/h2-15H,1H3/b11-10+. The van der Waals surface area contributed by atoms with Gasteiger partial charge in [0.05, 0.1) is 5.56 Å². The van der Waals surface area contributed by atoms with Crippen molar-refractivity contribution in [1.29, 1.82) is 0 Å². The summed E-state index contributed by atoms with van der Waals surface area (Å²) in [5.74, 6) is -4.90. The molecule has 0 aliphatic rings.